The fourth-order valence-electron chi connectivity index (χ4n) is 2.60. The van der Waals surface area contributed by atoms with Gasteiger partial charge >= 0.3 is 6.03 Å². The van der Waals surface area contributed by atoms with Crippen LogP contribution in [0.3, 0.4) is 0 Å². The van der Waals surface area contributed by atoms with Crippen LogP contribution in [-0.2, 0) is 14.8 Å². The first-order chi connectivity index (χ1) is 11.9. The molecule has 25 heavy (non-hydrogen) atoms. The molecule has 0 bridgehead atoms. The Bertz CT molecular complexity index is 692. The molecule has 1 aromatic heterocycles. The number of carbonyl (C=O) groups is 2. The van der Waals surface area contributed by atoms with Crippen LogP contribution in [0.2, 0.25) is 0 Å². The van der Waals surface area contributed by atoms with Crippen LogP contribution in [0.1, 0.15) is 13.3 Å². The molecule has 1 unspecified atom stereocenters. The number of amides is 3. The van der Waals surface area contributed by atoms with Gasteiger partial charge in [0.05, 0.1) is 0 Å². The molecule has 4 N–H and O–H groups in total. The van der Waals surface area contributed by atoms with Gasteiger partial charge in [-0.05, 0) is 24.8 Å². The van der Waals surface area contributed by atoms with E-state index < -0.39 is 28.1 Å². The molecule has 0 spiro atoms. The fourth-order valence-corrected chi connectivity index (χ4v) is 5.31. The molecule has 1 saturated heterocycles. The summed E-state index contributed by atoms with van der Waals surface area (Å²) in [6.45, 7) is 3.01. The number of nitrogens with one attached hydrogen (secondary N) is 2. The summed E-state index contributed by atoms with van der Waals surface area (Å²) in [5, 5.41) is 6.87. The van der Waals surface area contributed by atoms with Crippen LogP contribution >= 0.6 is 11.3 Å². The van der Waals surface area contributed by atoms with Crippen molar-refractivity contribution in [3.05, 3.63) is 17.5 Å². The summed E-state index contributed by atoms with van der Waals surface area (Å²) in [6, 6.07) is 2.65. The molecule has 3 amide bonds. The van der Waals surface area contributed by atoms with E-state index in [2.05, 4.69) is 10.6 Å². The van der Waals surface area contributed by atoms with Gasteiger partial charge in [-0.25, -0.2) is 13.2 Å². The minimum Gasteiger partial charge on any atom is -0.352 e. The first-order valence-corrected chi connectivity index (χ1v) is 10.3. The number of carbonyl (C=O) groups excluding carboxylic acids is 2. The second kappa shape index (κ2) is 8.61. The van der Waals surface area contributed by atoms with Gasteiger partial charge in [-0.1, -0.05) is 6.07 Å². The highest BCUT2D eigenvalue weighted by atomic mass is 32.2. The SMILES string of the molecule is CCNC(=O)N1CCCN(S(=O)(=O)c2cccs2)C1C(=O)NCCN. The van der Waals surface area contributed by atoms with Crippen LogP contribution < -0.4 is 16.4 Å². The zero-order valence-corrected chi connectivity index (χ0v) is 15.6. The zero-order chi connectivity index (χ0) is 18.4. The minimum absolute atomic E-state index is 0.141. The van der Waals surface area contributed by atoms with Crippen LogP contribution in [0, 0.1) is 0 Å². The third-order valence-electron chi connectivity index (χ3n) is 3.67. The predicted molar refractivity (Wildman–Crippen MR) is 94.5 cm³/mol. The molecule has 0 aliphatic carbocycles. The molecule has 1 fully saturated rings. The summed E-state index contributed by atoms with van der Waals surface area (Å²) < 4.78 is 27.1. The second-order valence-corrected chi connectivity index (χ2v) is 8.45. The van der Waals surface area contributed by atoms with Gasteiger partial charge in [0.25, 0.3) is 15.9 Å². The molecule has 1 aliphatic rings. The Hall–Kier alpha value is -1.69. The third kappa shape index (κ3) is 4.29. The van der Waals surface area contributed by atoms with Crippen LogP contribution in [0.25, 0.3) is 0 Å². The van der Waals surface area contributed by atoms with Crippen molar-refractivity contribution >= 4 is 33.3 Å². The molecule has 0 saturated carbocycles. The Balaban J connectivity index is 2.38. The average molecular weight is 390 g/mol. The third-order valence-corrected chi connectivity index (χ3v) is 6.90. The van der Waals surface area contributed by atoms with Crippen molar-refractivity contribution < 1.29 is 18.0 Å². The highest BCUT2D eigenvalue weighted by molar-refractivity contribution is 7.91. The predicted octanol–water partition coefficient (Wildman–Crippen LogP) is -0.425. The van der Waals surface area contributed by atoms with E-state index in [0.29, 0.717) is 19.5 Å². The summed E-state index contributed by atoms with van der Waals surface area (Å²) in [7, 11) is -3.88. The summed E-state index contributed by atoms with van der Waals surface area (Å²) >= 11 is 1.07. The van der Waals surface area contributed by atoms with Gasteiger partial charge in [-0.2, -0.15) is 4.31 Å². The lowest BCUT2D eigenvalue weighted by Crippen LogP contribution is -2.65. The topological polar surface area (TPSA) is 125 Å². The molecule has 2 heterocycles. The molecule has 2 rings (SSSR count). The molecular weight excluding hydrogens is 366 g/mol. The first kappa shape index (κ1) is 19.6. The van der Waals surface area contributed by atoms with Gasteiger partial charge in [0.15, 0.2) is 6.17 Å². The van der Waals surface area contributed by atoms with Gasteiger partial charge in [0, 0.05) is 32.7 Å². The van der Waals surface area contributed by atoms with E-state index in [1.54, 1.807) is 18.4 Å². The number of hydrogen-bond donors (Lipinski definition) is 3. The number of hydrogen-bond acceptors (Lipinski definition) is 6. The van der Waals surface area contributed by atoms with Crippen LogP contribution in [-0.4, -0.2) is 68.5 Å². The summed E-state index contributed by atoms with van der Waals surface area (Å²) in [5.74, 6) is -0.559. The molecule has 9 nitrogen and oxygen atoms in total. The van der Waals surface area contributed by atoms with Crippen molar-refractivity contribution in [2.75, 3.05) is 32.7 Å². The molecular formula is C14H23N5O4S2. The largest absolute Gasteiger partial charge is 0.352 e. The summed E-state index contributed by atoms with van der Waals surface area (Å²) in [5.41, 5.74) is 5.41. The monoisotopic (exact) mass is 389 g/mol. The van der Waals surface area contributed by atoms with E-state index in [0.717, 1.165) is 15.6 Å². The van der Waals surface area contributed by atoms with Crippen molar-refractivity contribution in [2.24, 2.45) is 5.73 Å². The van der Waals surface area contributed by atoms with Crippen molar-refractivity contribution in [3.8, 4) is 0 Å². The van der Waals surface area contributed by atoms with E-state index >= 15 is 0 Å². The minimum atomic E-state index is -3.88. The Morgan fingerprint density at radius 3 is 2.72 bits per heavy atom. The smallest absolute Gasteiger partial charge is 0.319 e. The van der Waals surface area contributed by atoms with E-state index in [1.165, 1.54) is 11.0 Å². The van der Waals surface area contributed by atoms with Gasteiger partial charge < -0.3 is 16.4 Å². The first-order valence-electron chi connectivity index (χ1n) is 8.01. The lowest BCUT2D eigenvalue weighted by molar-refractivity contribution is -0.130. The van der Waals surface area contributed by atoms with Gasteiger partial charge in [-0.15, -0.1) is 11.3 Å². The molecule has 0 aromatic carbocycles. The maximum Gasteiger partial charge on any atom is 0.319 e. The normalized spacial score (nSPS) is 18.8. The fraction of sp³-hybridized carbons (Fsp3) is 0.571. The number of nitrogens with two attached hydrogens (primary N) is 1. The maximum atomic E-state index is 12.9. The van der Waals surface area contributed by atoms with E-state index in [-0.39, 0.29) is 23.8 Å². The average Bonchev–Trinajstić information content (AvgIpc) is 3.14. The molecule has 0 radical (unpaired) electrons. The van der Waals surface area contributed by atoms with Crippen molar-refractivity contribution in [1.29, 1.82) is 0 Å². The van der Waals surface area contributed by atoms with E-state index in [1.807, 2.05) is 0 Å². The highest BCUT2D eigenvalue weighted by Gasteiger charge is 2.44. The number of urea groups is 1. The molecule has 140 valence electrons. The number of rotatable bonds is 6. The van der Waals surface area contributed by atoms with Gasteiger partial charge in [0.2, 0.25) is 0 Å². The number of nitrogens with zero attached hydrogens (tertiary/aromatic N) is 2. The maximum absolute atomic E-state index is 12.9. The van der Waals surface area contributed by atoms with Crippen molar-refractivity contribution in [1.82, 2.24) is 19.8 Å². The van der Waals surface area contributed by atoms with E-state index in [4.69, 9.17) is 5.73 Å². The van der Waals surface area contributed by atoms with Crippen LogP contribution in [0.15, 0.2) is 21.7 Å². The van der Waals surface area contributed by atoms with E-state index in [9.17, 15) is 18.0 Å². The molecule has 1 aliphatic heterocycles. The number of thiophene rings is 1. The molecule has 1 aromatic rings. The van der Waals surface area contributed by atoms with Crippen molar-refractivity contribution in [2.45, 2.75) is 23.7 Å². The zero-order valence-electron chi connectivity index (χ0n) is 14.0. The Labute approximate surface area is 151 Å². The Kier molecular flexibility index (Phi) is 6.76. The quantitative estimate of drug-likeness (QED) is 0.609. The van der Waals surface area contributed by atoms with Crippen LogP contribution in [0.4, 0.5) is 4.79 Å². The lowest BCUT2D eigenvalue weighted by Gasteiger charge is -2.41. The highest BCUT2D eigenvalue weighted by Crippen LogP contribution is 2.27. The Morgan fingerprint density at radius 1 is 1.36 bits per heavy atom. The van der Waals surface area contributed by atoms with Gasteiger partial charge in [0.1, 0.15) is 4.21 Å². The summed E-state index contributed by atoms with van der Waals surface area (Å²) in [6.07, 6.45) is -0.790. The van der Waals surface area contributed by atoms with Gasteiger partial charge in [-0.3, -0.25) is 9.69 Å². The molecule has 11 heteroatoms. The number of sulfonamides is 1. The summed E-state index contributed by atoms with van der Waals surface area (Å²) in [4.78, 5) is 26.2. The standard InChI is InChI=1S/C14H23N5O4S2/c1-2-16-14(21)18-8-4-9-19(13(18)12(20)17-7-6-15)25(22,23)11-5-3-10-24-11/h3,5,10,13H,2,4,6-9,15H2,1H3,(H,16,21)(H,17,20). The molecule has 1 atom stereocenters. The Morgan fingerprint density at radius 2 is 2.12 bits per heavy atom. The lowest BCUT2D eigenvalue weighted by atomic mass is 10.2. The van der Waals surface area contributed by atoms with Crippen molar-refractivity contribution in [3.63, 3.8) is 0 Å². The van der Waals surface area contributed by atoms with Crippen LogP contribution in [0.5, 0.6) is 0 Å². The second-order valence-electron chi connectivity index (χ2n) is 5.38.